The summed E-state index contributed by atoms with van der Waals surface area (Å²) in [5.74, 6) is 0.275. The number of aromatic hydroxyl groups is 1. The third kappa shape index (κ3) is 2.21. The molecule has 0 bridgehead atoms. The third-order valence-electron chi connectivity index (χ3n) is 4.66. The van der Waals surface area contributed by atoms with Crippen LogP contribution in [0.25, 0.3) is 43.6 Å². The summed E-state index contributed by atoms with van der Waals surface area (Å²) >= 11 is 0. The zero-order valence-corrected chi connectivity index (χ0v) is 13.3. The van der Waals surface area contributed by atoms with Crippen molar-refractivity contribution < 1.29 is 5.11 Å². The highest BCUT2D eigenvalue weighted by atomic mass is 16.3. The van der Waals surface area contributed by atoms with Gasteiger partial charge in [0.1, 0.15) is 12.1 Å². The molecule has 4 aromatic carbocycles. The summed E-state index contributed by atoms with van der Waals surface area (Å²) in [5, 5.41) is 15.4. The summed E-state index contributed by atoms with van der Waals surface area (Å²) in [6, 6.07) is 22.2. The molecule has 0 aliphatic rings. The Bertz CT molecular complexity index is 1240. The predicted octanol–water partition coefficient (Wildman–Crippen LogP) is 5.31. The van der Waals surface area contributed by atoms with Crippen LogP contribution < -0.4 is 0 Å². The van der Waals surface area contributed by atoms with E-state index in [0.717, 1.165) is 27.4 Å². The number of hydrogen-bond donors (Lipinski definition) is 1. The Hall–Kier alpha value is -3.46. The van der Waals surface area contributed by atoms with Crippen molar-refractivity contribution in [3.8, 4) is 16.9 Å². The summed E-state index contributed by atoms with van der Waals surface area (Å²) in [6.45, 7) is 0. The lowest BCUT2D eigenvalue weighted by Crippen LogP contribution is -1.86. The van der Waals surface area contributed by atoms with Crippen LogP contribution >= 0.6 is 0 Å². The van der Waals surface area contributed by atoms with Gasteiger partial charge in [-0.1, -0.05) is 42.5 Å². The van der Waals surface area contributed by atoms with Gasteiger partial charge in [-0.05, 0) is 56.9 Å². The van der Waals surface area contributed by atoms with E-state index in [1.165, 1.54) is 16.2 Å². The van der Waals surface area contributed by atoms with E-state index < -0.39 is 0 Å². The highest BCUT2D eigenvalue weighted by molar-refractivity contribution is 6.16. The van der Waals surface area contributed by atoms with Crippen LogP contribution in [0.3, 0.4) is 0 Å². The number of phenols is 1. The SMILES string of the molecule is Oc1ccc(-c2cccc3ccc4cc5ncncc5cc4c23)cc1. The van der Waals surface area contributed by atoms with Gasteiger partial charge < -0.3 is 5.11 Å². The van der Waals surface area contributed by atoms with E-state index >= 15 is 0 Å². The predicted molar refractivity (Wildman–Crippen MR) is 102 cm³/mol. The van der Waals surface area contributed by atoms with Crippen molar-refractivity contribution in [2.75, 3.05) is 0 Å². The van der Waals surface area contributed by atoms with Gasteiger partial charge in [0, 0.05) is 11.6 Å². The number of benzene rings is 4. The van der Waals surface area contributed by atoms with Crippen molar-refractivity contribution >= 4 is 32.4 Å². The fourth-order valence-electron chi connectivity index (χ4n) is 3.47. The van der Waals surface area contributed by atoms with E-state index in [2.05, 4.69) is 52.4 Å². The topological polar surface area (TPSA) is 46.0 Å². The van der Waals surface area contributed by atoms with Crippen LogP contribution in [0.2, 0.25) is 0 Å². The molecule has 3 heteroatoms. The number of hydrogen-bond acceptors (Lipinski definition) is 3. The van der Waals surface area contributed by atoms with E-state index in [1.807, 2.05) is 18.3 Å². The van der Waals surface area contributed by atoms with Crippen LogP contribution in [0.1, 0.15) is 0 Å². The molecule has 5 aromatic rings. The number of nitrogens with zero attached hydrogens (tertiary/aromatic N) is 2. The summed E-state index contributed by atoms with van der Waals surface area (Å²) in [4.78, 5) is 8.51. The van der Waals surface area contributed by atoms with Gasteiger partial charge >= 0.3 is 0 Å². The fourth-order valence-corrected chi connectivity index (χ4v) is 3.47. The lowest BCUT2D eigenvalue weighted by molar-refractivity contribution is 0.475. The molecule has 3 nitrogen and oxygen atoms in total. The molecule has 25 heavy (non-hydrogen) atoms. The van der Waals surface area contributed by atoms with Gasteiger partial charge in [-0.25, -0.2) is 9.97 Å². The number of rotatable bonds is 1. The molecule has 0 fully saturated rings. The minimum atomic E-state index is 0.275. The number of phenolic OH excluding ortho intramolecular Hbond substituents is 1. The zero-order chi connectivity index (χ0) is 16.8. The van der Waals surface area contributed by atoms with Crippen LogP contribution in [0.5, 0.6) is 5.75 Å². The quantitative estimate of drug-likeness (QED) is 0.336. The van der Waals surface area contributed by atoms with Crippen molar-refractivity contribution in [2.24, 2.45) is 0 Å². The second-order valence-corrected chi connectivity index (χ2v) is 6.17. The van der Waals surface area contributed by atoms with Gasteiger partial charge in [0.2, 0.25) is 0 Å². The zero-order valence-electron chi connectivity index (χ0n) is 13.3. The van der Waals surface area contributed by atoms with E-state index in [1.54, 1.807) is 18.5 Å². The summed E-state index contributed by atoms with van der Waals surface area (Å²) in [5.41, 5.74) is 3.18. The van der Waals surface area contributed by atoms with Crippen LogP contribution in [-0.2, 0) is 0 Å². The Labute approximate surface area is 144 Å². The van der Waals surface area contributed by atoms with Gasteiger partial charge in [0.25, 0.3) is 0 Å². The normalized spacial score (nSPS) is 11.4. The molecule has 1 aromatic heterocycles. The maximum atomic E-state index is 9.59. The maximum absolute atomic E-state index is 9.59. The van der Waals surface area contributed by atoms with Gasteiger partial charge in [-0.15, -0.1) is 0 Å². The molecule has 0 aliphatic heterocycles. The standard InChI is InChI=1S/C22H14N2O/c25-18-8-6-14(7-9-18)19-3-1-2-15-4-5-16-11-21-17(12-23-13-24-21)10-20(16)22(15)19/h1-13,25H. The molecule has 1 N–H and O–H groups in total. The largest absolute Gasteiger partial charge is 0.508 e. The first-order valence-corrected chi connectivity index (χ1v) is 8.14. The van der Waals surface area contributed by atoms with Crippen LogP contribution in [0.4, 0.5) is 0 Å². The average Bonchev–Trinajstić information content (AvgIpc) is 2.66. The average molecular weight is 322 g/mol. The summed E-state index contributed by atoms with van der Waals surface area (Å²) in [7, 11) is 0. The smallest absolute Gasteiger partial charge is 0.116 e. The van der Waals surface area contributed by atoms with E-state index in [-0.39, 0.29) is 5.75 Å². The number of fused-ring (bicyclic) bond motifs is 4. The molecule has 1 heterocycles. The Morgan fingerprint density at radius 2 is 1.60 bits per heavy atom. The molecule has 0 saturated heterocycles. The van der Waals surface area contributed by atoms with Crippen molar-refractivity contribution in [1.82, 2.24) is 9.97 Å². The molecule has 118 valence electrons. The van der Waals surface area contributed by atoms with Crippen LogP contribution in [0.15, 0.2) is 79.3 Å². The van der Waals surface area contributed by atoms with Crippen molar-refractivity contribution in [2.45, 2.75) is 0 Å². The van der Waals surface area contributed by atoms with Crippen molar-refractivity contribution in [3.05, 3.63) is 79.3 Å². The minimum absolute atomic E-state index is 0.275. The molecule has 0 atom stereocenters. The fraction of sp³-hybridized carbons (Fsp3) is 0. The van der Waals surface area contributed by atoms with Gasteiger partial charge in [0.05, 0.1) is 5.52 Å². The number of aromatic nitrogens is 2. The van der Waals surface area contributed by atoms with Crippen molar-refractivity contribution in [1.29, 1.82) is 0 Å². The van der Waals surface area contributed by atoms with Crippen LogP contribution in [0, 0.1) is 0 Å². The lowest BCUT2D eigenvalue weighted by atomic mass is 9.93. The molecule has 0 spiro atoms. The Morgan fingerprint density at radius 3 is 2.48 bits per heavy atom. The van der Waals surface area contributed by atoms with Gasteiger partial charge in [-0.2, -0.15) is 0 Å². The highest BCUT2D eigenvalue weighted by Crippen LogP contribution is 2.36. The second-order valence-electron chi connectivity index (χ2n) is 6.17. The molecule has 0 amide bonds. The van der Waals surface area contributed by atoms with Gasteiger partial charge in [0.15, 0.2) is 0 Å². The lowest BCUT2D eigenvalue weighted by Gasteiger charge is -2.11. The first-order valence-electron chi connectivity index (χ1n) is 8.14. The first-order chi connectivity index (χ1) is 12.3. The third-order valence-corrected chi connectivity index (χ3v) is 4.66. The molecular weight excluding hydrogens is 308 g/mol. The Morgan fingerprint density at radius 1 is 0.760 bits per heavy atom. The van der Waals surface area contributed by atoms with E-state index in [9.17, 15) is 5.11 Å². The van der Waals surface area contributed by atoms with Crippen LogP contribution in [-0.4, -0.2) is 15.1 Å². The van der Waals surface area contributed by atoms with Gasteiger partial charge in [-0.3, -0.25) is 0 Å². The maximum Gasteiger partial charge on any atom is 0.116 e. The monoisotopic (exact) mass is 322 g/mol. The Kier molecular flexibility index (Phi) is 2.94. The first kappa shape index (κ1) is 13.9. The molecule has 0 aliphatic carbocycles. The molecular formula is C22H14N2O. The summed E-state index contributed by atoms with van der Waals surface area (Å²) in [6.07, 6.45) is 3.43. The molecule has 0 radical (unpaired) electrons. The highest BCUT2D eigenvalue weighted by Gasteiger charge is 2.09. The summed E-state index contributed by atoms with van der Waals surface area (Å²) < 4.78 is 0. The van der Waals surface area contributed by atoms with E-state index in [4.69, 9.17) is 0 Å². The molecule has 0 unspecified atom stereocenters. The minimum Gasteiger partial charge on any atom is -0.508 e. The molecule has 0 saturated carbocycles. The second kappa shape index (κ2) is 5.28. The Balaban J connectivity index is 1.93. The van der Waals surface area contributed by atoms with E-state index in [0.29, 0.717) is 0 Å². The van der Waals surface area contributed by atoms with Crippen molar-refractivity contribution in [3.63, 3.8) is 0 Å². The molecule has 5 rings (SSSR count).